The molecule has 33 heavy (non-hydrogen) atoms. The van der Waals surface area contributed by atoms with Crippen LogP contribution < -0.4 is 4.90 Å². The zero-order valence-corrected chi connectivity index (χ0v) is 18.2. The van der Waals surface area contributed by atoms with E-state index in [1.165, 1.54) is 5.56 Å². The van der Waals surface area contributed by atoms with Crippen LogP contribution in [0.15, 0.2) is 78.9 Å². The maximum atomic E-state index is 12.6. The lowest BCUT2D eigenvalue weighted by molar-refractivity contribution is -0.384. The summed E-state index contributed by atoms with van der Waals surface area (Å²) in [6, 6.07) is 24.7. The highest BCUT2D eigenvalue weighted by molar-refractivity contribution is 5.78. The van der Waals surface area contributed by atoms with Gasteiger partial charge in [0.25, 0.3) is 5.69 Å². The van der Waals surface area contributed by atoms with Crippen LogP contribution >= 0.6 is 0 Å². The zero-order valence-electron chi connectivity index (χ0n) is 18.2. The summed E-state index contributed by atoms with van der Waals surface area (Å²) in [5.74, 6) is 0. The Labute approximate surface area is 192 Å². The van der Waals surface area contributed by atoms with Crippen LogP contribution in [0.2, 0.25) is 0 Å². The van der Waals surface area contributed by atoms with Gasteiger partial charge in [-0.3, -0.25) is 10.1 Å². The molecule has 2 aliphatic rings. The average molecular weight is 444 g/mol. The SMILES string of the molecule is O=C(OCc1ccccc1)N1CCC2(CC1)CN(c1ccccc1[N+](=O)[O-])c1ccccc12. The molecule has 1 fully saturated rings. The highest BCUT2D eigenvalue weighted by atomic mass is 16.6. The van der Waals surface area contributed by atoms with Crippen molar-refractivity contribution in [2.24, 2.45) is 0 Å². The number of fused-ring (bicyclic) bond motifs is 2. The molecule has 0 unspecified atom stereocenters. The molecule has 0 aliphatic carbocycles. The molecule has 1 saturated heterocycles. The topological polar surface area (TPSA) is 75.9 Å². The number of para-hydroxylation sites is 3. The number of amides is 1. The normalized spacial score (nSPS) is 16.5. The number of benzene rings is 3. The van der Waals surface area contributed by atoms with E-state index >= 15 is 0 Å². The first-order chi connectivity index (χ1) is 16.1. The monoisotopic (exact) mass is 443 g/mol. The molecule has 168 valence electrons. The van der Waals surface area contributed by atoms with Crippen molar-refractivity contribution in [1.82, 2.24) is 4.90 Å². The standard InChI is InChI=1S/C26H25N3O4/c30-25(33-18-20-8-2-1-3-9-20)27-16-14-26(15-17-27)19-28(22-11-5-4-10-21(22)26)23-12-6-7-13-24(23)29(31)32/h1-13H,14-19H2. The Bertz CT molecular complexity index is 1170. The van der Waals surface area contributed by atoms with Crippen LogP contribution in [0, 0.1) is 10.1 Å². The van der Waals surface area contributed by atoms with Gasteiger partial charge in [-0.05, 0) is 36.1 Å². The van der Waals surface area contributed by atoms with Gasteiger partial charge in [0.05, 0.1) is 4.92 Å². The highest BCUT2D eigenvalue weighted by Crippen LogP contribution is 2.50. The molecule has 1 spiro atoms. The zero-order chi connectivity index (χ0) is 22.8. The predicted molar refractivity (Wildman–Crippen MR) is 126 cm³/mol. The highest BCUT2D eigenvalue weighted by Gasteiger charge is 2.46. The lowest BCUT2D eigenvalue weighted by Crippen LogP contribution is -2.47. The summed E-state index contributed by atoms with van der Waals surface area (Å²) >= 11 is 0. The molecule has 1 amide bonds. The van der Waals surface area contributed by atoms with Gasteiger partial charge < -0.3 is 14.5 Å². The van der Waals surface area contributed by atoms with E-state index in [0.717, 1.165) is 24.1 Å². The number of nitro groups is 1. The van der Waals surface area contributed by atoms with Gasteiger partial charge in [0.1, 0.15) is 12.3 Å². The van der Waals surface area contributed by atoms with Crippen LogP contribution in [-0.2, 0) is 16.8 Å². The van der Waals surface area contributed by atoms with Crippen LogP contribution in [0.25, 0.3) is 0 Å². The number of rotatable bonds is 4. The van der Waals surface area contributed by atoms with E-state index in [-0.39, 0.29) is 28.7 Å². The van der Waals surface area contributed by atoms with Crippen LogP contribution in [0.3, 0.4) is 0 Å². The molecule has 3 aromatic carbocycles. The van der Waals surface area contributed by atoms with Crippen molar-refractivity contribution < 1.29 is 14.5 Å². The first-order valence-electron chi connectivity index (χ1n) is 11.1. The summed E-state index contributed by atoms with van der Waals surface area (Å²) < 4.78 is 5.52. The van der Waals surface area contributed by atoms with E-state index in [2.05, 4.69) is 11.0 Å². The van der Waals surface area contributed by atoms with Gasteiger partial charge >= 0.3 is 6.09 Å². The number of carbonyl (C=O) groups is 1. The minimum absolute atomic E-state index is 0.103. The fourth-order valence-electron chi connectivity index (χ4n) is 5.05. The molecule has 0 radical (unpaired) electrons. The number of piperidine rings is 1. The lowest BCUT2D eigenvalue weighted by Gasteiger charge is -2.39. The first-order valence-corrected chi connectivity index (χ1v) is 11.1. The van der Waals surface area contributed by atoms with Gasteiger partial charge in [-0.25, -0.2) is 4.79 Å². The largest absolute Gasteiger partial charge is 0.445 e. The van der Waals surface area contributed by atoms with Crippen LogP contribution in [0.5, 0.6) is 0 Å². The van der Waals surface area contributed by atoms with E-state index in [4.69, 9.17) is 4.74 Å². The Morgan fingerprint density at radius 1 is 0.909 bits per heavy atom. The minimum Gasteiger partial charge on any atom is -0.445 e. The number of likely N-dealkylation sites (tertiary alicyclic amines) is 1. The smallest absolute Gasteiger partial charge is 0.410 e. The Hall–Kier alpha value is -3.87. The summed E-state index contributed by atoms with van der Waals surface area (Å²) in [6.07, 6.45) is 1.26. The van der Waals surface area contributed by atoms with Gasteiger partial charge in [-0.2, -0.15) is 0 Å². The van der Waals surface area contributed by atoms with Crippen molar-refractivity contribution in [2.45, 2.75) is 24.9 Å². The van der Waals surface area contributed by atoms with E-state index < -0.39 is 0 Å². The molecule has 2 aliphatic heterocycles. The Morgan fingerprint density at radius 3 is 2.27 bits per heavy atom. The molecule has 7 nitrogen and oxygen atoms in total. The van der Waals surface area contributed by atoms with Crippen LogP contribution in [0.1, 0.15) is 24.0 Å². The van der Waals surface area contributed by atoms with Crippen molar-refractivity contribution in [2.75, 3.05) is 24.5 Å². The van der Waals surface area contributed by atoms with Crippen LogP contribution in [0.4, 0.5) is 21.9 Å². The Balaban J connectivity index is 1.33. The van der Waals surface area contributed by atoms with Crippen molar-refractivity contribution >= 4 is 23.2 Å². The molecule has 0 aromatic heterocycles. The quantitative estimate of drug-likeness (QED) is 0.398. The minimum atomic E-state index is -0.325. The molecule has 5 rings (SSSR count). The van der Waals surface area contributed by atoms with Gasteiger partial charge in [-0.15, -0.1) is 0 Å². The Morgan fingerprint density at radius 2 is 1.55 bits per heavy atom. The second-order valence-corrected chi connectivity index (χ2v) is 8.66. The summed E-state index contributed by atoms with van der Waals surface area (Å²) in [5, 5.41) is 11.7. The van der Waals surface area contributed by atoms with E-state index in [0.29, 0.717) is 25.3 Å². The third-order valence-corrected chi connectivity index (χ3v) is 6.78. The maximum absolute atomic E-state index is 12.6. The van der Waals surface area contributed by atoms with Crippen LogP contribution in [-0.4, -0.2) is 35.6 Å². The van der Waals surface area contributed by atoms with E-state index in [9.17, 15) is 14.9 Å². The number of carbonyl (C=O) groups excluding carboxylic acids is 1. The third-order valence-electron chi connectivity index (χ3n) is 6.78. The molecular formula is C26H25N3O4. The summed E-state index contributed by atoms with van der Waals surface area (Å²) in [4.78, 5) is 27.8. The van der Waals surface area contributed by atoms with Crippen molar-refractivity contribution in [1.29, 1.82) is 0 Å². The number of hydrogen-bond donors (Lipinski definition) is 0. The number of nitro benzene ring substituents is 1. The summed E-state index contributed by atoms with van der Waals surface area (Å²) in [7, 11) is 0. The van der Waals surface area contributed by atoms with Crippen molar-refractivity contribution in [3.05, 3.63) is 100 Å². The Kier molecular flexibility index (Phi) is 5.46. The molecule has 0 atom stereocenters. The first kappa shape index (κ1) is 21.0. The number of nitrogens with zero attached hydrogens (tertiary/aromatic N) is 3. The van der Waals surface area contributed by atoms with E-state index in [1.807, 2.05) is 60.7 Å². The van der Waals surface area contributed by atoms with Gasteiger partial charge in [0, 0.05) is 36.8 Å². The second kappa shape index (κ2) is 8.58. The second-order valence-electron chi connectivity index (χ2n) is 8.66. The molecule has 0 bridgehead atoms. The van der Waals surface area contributed by atoms with E-state index in [1.54, 1.807) is 17.0 Å². The molecular weight excluding hydrogens is 418 g/mol. The van der Waals surface area contributed by atoms with Gasteiger partial charge in [0.2, 0.25) is 0 Å². The molecule has 3 aromatic rings. The number of ether oxygens (including phenoxy) is 1. The summed E-state index contributed by atoms with van der Waals surface area (Å²) in [6.45, 7) is 2.10. The molecule has 2 heterocycles. The molecule has 0 saturated carbocycles. The fourth-order valence-corrected chi connectivity index (χ4v) is 5.05. The molecule has 7 heteroatoms. The lowest BCUT2D eigenvalue weighted by atomic mass is 9.74. The predicted octanol–water partition coefficient (Wildman–Crippen LogP) is 5.42. The average Bonchev–Trinajstić information content (AvgIpc) is 3.17. The third kappa shape index (κ3) is 3.91. The molecule has 0 N–H and O–H groups in total. The van der Waals surface area contributed by atoms with Crippen molar-refractivity contribution in [3.63, 3.8) is 0 Å². The maximum Gasteiger partial charge on any atom is 0.410 e. The number of anilines is 2. The van der Waals surface area contributed by atoms with Gasteiger partial charge in [-0.1, -0.05) is 60.7 Å². The van der Waals surface area contributed by atoms with Gasteiger partial charge in [0.15, 0.2) is 0 Å². The number of hydrogen-bond acceptors (Lipinski definition) is 5. The fraction of sp³-hybridized carbons (Fsp3) is 0.269. The van der Waals surface area contributed by atoms with Crippen molar-refractivity contribution in [3.8, 4) is 0 Å². The summed E-state index contributed by atoms with van der Waals surface area (Å²) in [5.41, 5.74) is 3.72.